The summed E-state index contributed by atoms with van der Waals surface area (Å²) in [6.45, 7) is 4.07. The molecule has 0 aliphatic heterocycles. The van der Waals surface area contributed by atoms with E-state index in [0.29, 0.717) is 6.42 Å². The van der Waals surface area contributed by atoms with Gasteiger partial charge in [-0.2, -0.15) is 5.26 Å². The third-order valence-electron chi connectivity index (χ3n) is 3.87. The third-order valence-corrected chi connectivity index (χ3v) is 4.37. The van der Waals surface area contributed by atoms with Crippen LogP contribution < -0.4 is 5.32 Å². The summed E-state index contributed by atoms with van der Waals surface area (Å²) in [4.78, 5) is 12.5. The van der Waals surface area contributed by atoms with E-state index in [4.69, 9.17) is 10.00 Å². The third kappa shape index (κ3) is 5.98. The van der Waals surface area contributed by atoms with E-state index in [1.54, 1.807) is 0 Å². The van der Waals surface area contributed by atoms with Gasteiger partial charge < -0.3 is 10.1 Å². The second-order valence-electron chi connectivity index (χ2n) is 6.48. The van der Waals surface area contributed by atoms with Crippen LogP contribution in [0.4, 0.5) is 0 Å². The lowest BCUT2D eigenvalue weighted by Crippen LogP contribution is -2.38. The summed E-state index contributed by atoms with van der Waals surface area (Å²) < 4.78 is 7.26. The Morgan fingerprint density at radius 3 is 2.46 bits per heavy atom. The minimum absolute atomic E-state index is 0.0241. The van der Waals surface area contributed by atoms with E-state index in [1.807, 2.05) is 74.5 Å². The molecule has 0 aliphatic rings. The molecule has 2 aromatic carbocycles. The second-order valence-corrected chi connectivity index (χ2v) is 7.39. The molecule has 0 spiro atoms. The monoisotopic (exact) mass is 414 g/mol. The van der Waals surface area contributed by atoms with E-state index in [0.717, 1.165) is 15.6 Å². The molecule has 2 aromatic rings. The van der Waals surface area contributed by atoms with Gasteiger partial charge in [0.15, 0.2) is 0 Å². The maximum atomic E-state index is 12.5. The van der Waals surface area contributed by atoms with Crippen molar-refractivity contribution >= 4 is 21.8 Å². The van der Waals surface area contributed by atoms with Crippen LogP contribution in [0.15, 0.2) is 59.1 Å². The zero-order valence-electron chi connectivity index (χ0n) is 15.0. The number of hydrogen-bond donors (Lipinski definition) is 1. The maximum Gasteiger partial charge on any atom is 0.250 e. The van der Waals surface area contributed by atoms with E-state index in [-0.39, 0.29) is 24.5 Å². The van der Waals surface area contributed by atoms with Crippen LogP contribution in [0.5, 0.6) is 0 Å². The van der Waals surface area contributed by atoms with Crippen molar-refractivity contribution in [3.63, 3.8) is 0 Å². The fourth-order valence-electron chi connectivity index (χ4n) is 2.70. The molecule has 0 fully saturated rings. The van der Waals surface area contributed by atoms with Crippen LogP contribution in [0.1, 0.15) is 37.5 Å². The van der Waals surface area contributed by atoms with Gasteiger partial charge in [0.05, 0.1) is 6.07 Å². The Morgan fingerprint density at radius 1 is 1.15 bits per heavy atom. The van der Waals surface area contributed by atoms with Crippen molar-refractivity contribution in [2.45, 2.75) is 32.5 Å². The number of nitriles is 1. The molecular formula is C21H23BrN2O2. The summed E-state index contributed by atoms with van der Waals surface area (Å²) in [5.74, 6) is 0.0305. The topological polar surface area (TPSA) is 62.1 Å². The Labute approximate surface area is 163 Å². The van der Waals surface area contributed by atoms with E-state index in [1.165, 1.54) is 0 Å². The number of hydrogen-bond acceptors (Lipinski definition) is 3. The molecular weight excluding hydrogens is 392 g/mol. The first-order valence-electron chi connectivity index (χ1n) is 8.61. The molecule has 2 rings (SSSR count). The fraction of sp³-hybridized carbons (Fsp3) is 0.333. The number of rotatable bonds is 8. The van der Waals surface area contributed by atoms with Crippen LogP contribution in [-0.2, 0) is 9.53 Å². The molecule has 1 amide bonds. The van der Waals surface area contributed by atoms with Crippen molar-refractivity contribution in [2.24, 2.45) is 5.92 Å². The number of amides is 1. The van der Waals surface area contributed by atoms with E-state index in [9.17, 15) is 4.79 Å². The number of carbonyl (C=O) groups excluding carboxylic acids is 1. The number of halogens is 1. The van der Waals surface area contributed by atoms with Crippen molar-refractivity contribution in [3.8, 4) is 6.07 Å². The van der Waals surface area contributed by atoms with Gasteiger partial charge in [-0.15, -0.1) is 0 Å². The van der Waals surface area contributed by atoms with E-state index >= 15 is 0 Å². The van der Waals surface area contributed by atoms with Gasteiger partial charge in [0, 0.05) is 4.47 Å². The Bertz CT molecular complexity index is 756. The lowest BCUT2D eigenvalue weighted by molar-refractivity contribution is -0.136. The SMILES string of the molecule is CC(C)C[C@H](OC(c1ccccc1)c1cccc(Br)c1)C(=O)NCC#N. The Kier molecular flexibility index (Phi) is 7.83. The molecule has 1 unspecified atom stereocenters. The Hall–Kier alpha value is -2.16. The summed E-state index contributed by atoms with van der Waals surface area (Å²) in [5, 5.41) is 11.4. The number of nitrogens with one attached hydrogen (secondary N) is 1. The first kappa shape index (κ1) is 20.2. The quantitative estimate of drug-likeness (QED) is 0.641. The van der Waals surface area contributed by atoms with Crippen molar-refractivity contribution in [1.29, 1.82) is 5.26 Å². The van der Waals surface area contributed by atoms with Crippen LogP contribution in [-0.4, -0.2) is 18.6 Å². The minimum Gasteiger partial charge on any atom is -0.356 e. The normalized spacial score (nSPS) is 13.0. The molecule has 26 heavy (non-hydrogen) atoms. The summed E-state index contributed by atoms with van der Waals surface area (Å²) in [6.07, 6.45) is -0.424. The van der Waals surface area contributed by atoms with Gasteiger partial charge in [-0.05, 0) is 35.6 Å². The molecule has 0 saturated heterocycles. The molecule has 0 saturated carbocycles. The average molecular weight is 415 g/mol. The molecule has 0 aromatic heterocycles. The van der Waals surface area contributed by atoms with E-state index in [2.05, 4.69) is 21.2 Å². The molecule has 0 aliphatic carbocycles. The zero-order valence-corrected chi connectivity index (χ0v) is 16.6. The lowest BCUT2D eigenvalue weighted by Gasteiger charge is -2.26. The summed E-state index contributed by atoms with van der Waals surface area (Å²) in [6, 6.07) is 19.7. The van der Waals surface area contributed by atoms with Gasteiger partial charge >= 0.3 is 0 Å². The van der Waals surface area contributed by atoms with Gasteiger partial charge in [0.2, 0.25) is 5.91 Å². The Morgan fingerprint density at radius 2 is 1.85 bits per heavy atom. The largest absolute Gasteiger partial charge is 0.356 e. The van der Waals surface area contributed by atoms with Gasteiger partial charge in [0.1, 0.15) is 18.8 Å². The van der Waals surface area contributed by atoms with Gasteiger partial charge in [0.25, 0.3) is 0 Å². The molecule has 1 N–H and O–H groups in total. The summed E-state index contributed by atoms with van der Waals surface area (Å²) >= 11 is 3.50. The molecule has 0 bridgehead atoms. The number of benzene rings is 2. The molecule has 5 heteroatoms. The highest BCUT2D eigenvalue weighted by Gasteiger charge is 2.26. The Balaban J connectivity index is 2.33. The van der Waals surface area contributed by atoms with Gasteiger partial charge in [-0.3, -0.25) is 4.79 Å². The fourth-order valence-corrected chi connectivity index (χ4v) is 3.12. The predicted molar refractivity (Wildman–Crippen MR) is 105 cm³/mol. The van der Waals surface area contributed by atoms with Crippen LogP contribution in [0, 0.1) is 17.2 Å². The highest BCUT2D eigenvalue weighted by atomic mass is 79.9. The second kappa shape index (κ2) is 10.1. The van der Waals surface area contributed by atoms with E-state index < -0.39 is 6.10 Å². The standard InChI is InChI=1S/C21H23BrN2O2/c1-15(2)13-19(21(25)24-12-11-23)26-20(16-7-4-3-5-8-16)17-9-6-10-18(22)14-17/h3-10,14-15,19-20H,12-13H2,1-2H3,(H,24,25)/t19-,20?/m0/s1. The molecule has 2 atom stereocenters. The highest BCUT2D eigenvalue weighted by molar-refractivity contribution is 9.10. The number of nitrogens with zero attached hydrogens (tertiary/aromatic N) is 1. The first-order valence-corrected chi connectivity index (χ1v) is 9.41. The van der Waals surface area contributed by atoms with Crippen LogP contribution >= 0.6 is 15.9 Å². The minimum atomic E-state index is -0.632. The molecule has 0 radical (unpaired) electrons. The molecule has 4 nitrogen and oxygen atoms in total. The van der Waals surface area contributed by atoms with Crippen LogP contribution in [0.3, 0.4) is 0 Å². The van der Waals surface area contributed by atoms with Crippen molar-refractivity contribution in [1.82, 2.24) is 5.32 Å². The highest BCUT2D eigenvalue weighted by Crippen LogP contribution is 2.30. The summed E-state index contributed by atoms with van der Waals surface area (Å²) in [5.41, 5.74) is 1.94. The van der Waals surface area contributed by atoms with Crippen molar-refractivity contribution < 1.29 is 9.53 Å². The molecule has 0 heterocycles. The maximum absolute atomic E-state index is 12.5. The smallest absolute Gasteiger partial charge is 0.250 e. The van der Waals surface area contributed by atoms with Gasteiger partial charge in [-0.1, -0.05) is 72.2 Å². The number of carbonyl (C=O) groups is 1. The first-order chi connectivity index (χ1) is 12.5. The summed E-state index contributed by atoms with van der Waals surface area (Å²) in [7, 11) is 0. The van der Waals surface area contributed by atoms with Gasteiger partial charge in [-0.25, -0.2) is 0 Å². The van der Waals surface area contributed by atoms with Crippen LogP contribution in [0.2, 0.25) is 0 Å². The lowest BCUT2D eigenvalue weighted by atomic mass is 10.00. The molecule has 136 valence electrons. The average Bonchev–Trinajstić information content (AvgIpc) is 2.63. The number of ether oxygens (including phenoxy) is 1. The van der Waals surface area contributed by atoms with Crippen LogP contribution in [0.25, 0.3) is 0 Å². The van der Waals surface area contributed by atoms with Crippen molar-refractivity contribution in [2.75, 3.05) is 6.54 Å². The van der Waals surface area contributed by atoms with Crippen molar-refractivity contribution in [3.05, 3.63) is 70.2 Å². The predicted octanol–water partition coefficient (Wildman–Crippen LogP) is 4.61. The zero-order chi connectivity index (χ0) is 18.9.